The van der Waals surface area contributed by atoms with Gasteiger partial charge in [-0.05, 0) is 33.1 Å². The molecule has 0 bridgehead atoms. The Morgan fingerprint density at radius 2 is 2.14 bits per heavy atom. The Morgan fingerprint density at radius 1 is 1.38 bits per heavy atom. The summed E-state index contributed by atoms with van der Waals surface area (Å²) in [5, 5.41) is 7.90. The second-order valence-electron chi connectivity index (χ2n) is 5.76. The Kier molecular flexibility index (Phi) is 3.98. The van der Waals surface area contributed by atoms with Gasteiger partial charge in [-0.25, -0.2) is 4.68 Å². The summed E-state index contributed by atoms with van der Waals surface area (Å²) in [6.45, 7) is 7.03. The van der Waals surface area contributed by atoms with Gasteiger partial charge in [-0.3, -0.25) is 4.79 Å². The lowest BCUT2D eigenvalue weighted by molar-refractivity contribution is -0.148. The summed E-state index contributed by atoms with van der Waals surface area (Å²) in [5.41, 5.74) is 0. The fourth-order valence-corrected chi connectivity index (χ4v) is 2.96. The van der Waals surface area contributed by atoms with E-state index in [1.54, 1.807) is 0 Å². The topological polar surface area (TPSA) is 72.3 Å². The van der Waals surface area contributed by atoms with E-state index in [1.807, 2.05) is 11.6 Å². The summed E-state index contributed by atoms with van der Waals surface area (Å²) in [6.07, 6.45) is 2.69. The van der Waals surface area contributed by atoms with Gasteiger partial charge < -0.3 is 15.0 Å². The molecule has 1 unspecified atom stereocenters. The van der Waals surface area contributed by atoms with E-state index in [9.17, 15) is 4.79 Å². The van der Waals surface area contributed by atoms with Crippen LogP contribution < -0.4 is 10.2 Å². The Morgan fingerprint density at radius 3 is 2.81 bits per heavy atom. The highest BCUT2D eigenvalue weighted by Crippen LogP contribution is 2.26. The number of hydrogen-bond acceptors (Lipinski definition) is 6. The van der Waals surface area contributed by atoms with Crippen LogP contribution >= 0.6 is 0 Å². The van der Waals surface area contributed by atoms with E-state index in [2.05, 4.69) is 27.2 Å². The second kappa shape index (κ2) is 5.91. The molecule has 0 radical (unpaired) electrons. The number of nitrogens with zero attached hydrogens (tertiary/aromatic N) is 4. The van der Waals surface area contributed by atoms with E-state index in [0.29, 0.717) is 12.6 Å². The molecule has 116 valence electrons. The lowest BCUT2D eigenvalue weighted by Gasteiger charge is -2.29. The average Bonchev–Trinajstić information content (AvgIpc) is 2.93. The third-order valence-electron chi connectivity index (χ3n) is 4.28. The molecule has 0 amide bonds. The van der Waals surface area contributed by atoms with E-state index in [1.165, 1.54) is 0 Å². The molecule has 1 N–H and O–H groups in total. The van der Waals surface area contributed by atoms with Gasteiger partial charge in [0.2, 0.25) is 11.9 Å². The van der Waals surface area contributed by atoms with Crippen LogP contribution in [0, 0.1) is 5.92 Å². The van der Waals surface area contributed by atoms with Crippen LogP contribution in [0.25, 0.3) is 0 Å². The summed E-state index contributed by atoms with van der Waals surface area (Å²) in [7, 11) is 0. The number of piperidine rings is 1. The Labute approximate surface area is 124 Å². The third-order valence-corrected chi connectivity index (χ3v) is 4.28. The molecular weight excluding hydrogens is 270 g/mol. The van der Waals surface area contributed by atoms with Gasteiger partial charge in [0, 0.05) is 19.6 Å². The van der Waals surface area contributed by atoms with E-state index in [0.717, 1.165) is 50.8 Å². The first-order chi connectivity index (χ1) is 10.2. The van der Waals surface area contributed by atoms with Crippen molar-refractivity contribution in [3.8, 4) is 0 Å². The molecule has 7 nitrogen and oxygen atoms in total. The van der Waals surface area contributed by atoms with Crippen molar-refractivity contribution in [2.75, 3.05) is 36.5 Å². The van der Waals surface area contributed by atoms with Crippen LogP contribution in [0.4, 0.5) is 11.9 Å². The van der Waals surface area contributed by atoms with Gasteiger partial charge in [-0.2, -0.15) is 4.98 Å². The zero-order valence-corrected chi connectivity index (χ0v) is 12.7. The van der Waals surface area contributed by atoms with Crippen molar-refractivity contribution in [2.45, 2.75) is 39.2 Å². The van der Waals surface area contributed by atoms with Gasteiger partial charge in [-0.1, -0.05) is 0 Å². The lowest BCUT2D eigenvalue weighted by Crippen LogP contribution is -2.37. The number of ether oxygens (including phenoxy) is 1. The first-order valence-electron chi connectivity index (χ1n) is 7.81. The van der Waals surface area contributed by atoms with E-state index in [-0.39, 0.29) is 11.9 Å². The number of hydrogen-bond donors (Lipinski definition) is 1. The fraction of sp³-hybridized carbons (Fsp3) is 0.786. The first-order valence-corrected chi connectivity index (χ1v) is 7.81. The van der Waals surface area contributed by atoms with Crippen LogP contribution in [0.1, 0.15) is 39.2 Å². The molecule has 7 heteroatoms. The molecule has 3 rings (SSSR count). The van der Waals surface area contributed by atoms with Crippen LogP contribution in [0.5, 0.6) is 0 Å². The highest BCUT2D eigenvalue weighted by Gasteiger charge is 2.29. The normalized spacial score (nSPS) is 22.6. The molecule has 0 aliphatic carbocycles. The van der Waals surface area contributed by atoms with Gasteiger partial charge in [-0.15, -0.1) is 5.10 Å². The molecular formula is C14H23N5O2. The van der Waals surface area contributed by atoms with Crippen molar-refractivity contribution in [3.63, 3.8) is 0 Å². The number of anilines is 2. The van der Waals surface area contributed by atoms with Crippen LogP contribution in [0.3, 0.4) is 0 Å². The maximum Gasteiger partial charge on any atom is 0.309 e. The average molecular weight is 293 g/mol. The summed E-state index contributed by atoms with van der Waals surface area (Å²) < 4.78 is 7.07. The Bertz CT molecular complexity index is 507. The number of esters is 1. The predicted octanol–water partition coefficient (Wildman–Crippen LogP) is 1.43. The van der Waals surface area contributed by atoms with E-state index in [4.69, 9.17) is 4.74 Å². The van der Waals surface area contributed by atoms with Crippen LogP contribution in [0.2, 0.25) is 0 Å². The van der Waals surface area contributed by atoms with Crippen LogP contribution in [0.15, 0.2) is 0 Å². The standard InChI is InChI=1S/C14H23N5O2/c1-3-21-12(20)11-5-8-18(9-6-11)14-16-13-15-7-4-10(2)19(13)17-14/h10-11H,3-9H2,1-2H3,(H,15,16,17). The molecule has 1 aromatic rings. The second-order valence-corrected chi connectivity index (χ2v) is 5.76. The Hall–Kier alpha value is -1.79. The van der Waals surface area contributed by atoms with Crippen LogP contribution in [-0.2, 0) is 9.53 Å². The molecule has 0 saturated carbocycles. The molecule has 1 atom stereocenters. The van der Waals surface area contributed by atoms with Gasteiger partial charge in [0.05, 0.1) is 18.6 Å². The first kappa shape index (κ1) is 14.2. The number of nitrogens with one attached hydrogen (secondary N) is 1. The molecule has 1 saturated heterocycles. The van der Waals surface area contributed by atoms with Crippen molar-refractivity contribution >= 4 is 17.9 Å². The van der Waals surface area contributed by atoms with Crippen molar-refractivity contribution in [3.05, 3.63) is 0 Å². The zero-order valence-electron chi connectivity index (χ0n) is 12.7. The molecule has 2 aliphatic heterocycles. The number of carbonyl (C=O) groups excluding carboxylic acids is 1. The summed E-state index contributed by atoms with van der Waals surface area (Å²) in [5.74, 6) is 1.59. The number of fused-ring (bicyclic) bond motifs is 1. The van der Waals surface area contributed by atoms with Gasteiger partial charge in [0.1, 0.15) is 0 Å². The van der Waals surface area contributed by atoms with Crippen molar-refractivity contribution in [1.82, 2.24) is 14.8 Å². The molecule has 21 heavy (non-hydrogen) atoms. The lowest BCUT2D eigenvalue weighted by atomic mass is 9.97. The maximum atomic E-state index is 11.8. The zero-order chi connectivity index (χ0) is 14.8. The van der Waals surface area contributed by atoms with Crippen LogP contribution in [-0.4, -0.2) is 47.0 Å². The highest BCUT2D eigenvalue weighted by molar-refractivity contribution is 5.72. The minimum Gasteiger partial charge on any atom is -0.466 e. The SMILES string of the molecule is CCOC(=O)C1CCN(c2nc3n(n2)C(C)CCN3)CC1. The van der Waals surface area contributed by atoms with E-state index < -0.39 is 0 Å². The highest BCUT2D eigenvalue weighted by atomic mass is 16.5. The molecule has 2 aliphatic rings. The Balaban J connectivity index is 1.63. The minimum atomic E-state index is -0.0652. The molecule has 0 spiro atoms. The predicted molar refractivity (Wildman–Crippen MR) is 79.4 cm³/mol. The van der Waals surface area contributed by atoms with Gasteiger partial charge in [0.15, 0.2) is 0 Å². The maximum absolute atomic E-state index is 11.8. The van der Waals surface area contributed by atoms with Gasteiger partial charge in [0.25, 0.3) is 0 Å². The smallest absolute Gasteiger partial charge is 0.309 e. The number of carbonyl (C=O) groups is 1. The number of aromatic nitrogens is 3. The summed E-state index contributed by atoms with van der Waals surface area (Å²) in [4.78, 5) is 18.5. The fourth-order valence-electron chi connectivity index (χ4n) is 2.96. The third kappa shape index (κ3) is 2.82. The van der Waals surface area contributed by atoms with E-state index >= 15 is 0 Å². The minimum absolute atomic E-state index is 0.0236. The molecule has 0 aromatic carbocycles. The molecule has 1 fully saturated rings. The summed E-state index contributed by atoms with van der Waals surface area (Å²) in [6, 6.07) is 0.388. The molecule has 1 aromatic heterocycles. The monoisotopic (exact) mass is 293 g/mol. The quantitative estimate of drug-likeness (QED) is 0.850. The summed E-state index contributed by atoms with van der Waals surface area (Å²) >= 11 is 0. The van der Waals surface area contributed by atoms with Crippen molar-refractivity contribution < 1.29 is 9.53 Å². The molecule has 3 heterocycles. The van der Waals surface area contributed by atoms with Crippen molar-refractivity contribution in [1.29, 1.82) is 0 Å². The largest absolute Gasteiger partial charge is 0.466 e. The van der Waals surface area contributed by atoms with Crippen molar-refractivity contribution in [2.24, 2.45) is 5.92 Å². The van der Waals surface area contributed by atoms with Gasteiger partial charge >= 0.3 is 5.97 Å². The number of rotatable bonds is 3.